The summed E-state index contributed by atoms with van der Waals surface area (Å²) in [6.07, 6.45) is 2.42. The molecule has 0 spiro atoms. The Bertz CT molecular complexity index is 569. The molecular weight excluding hydrogens is 273 g/mol. The summed E-state index contributed by atoms with van der Waals surface area (Å²) in [7, 11) is 0. The van der Waals surface area contributed by atoms with Gasteiger partial charge in [0.15, 0.2) is 0 Å². The number of hydrogen-bond acceptors (Lipinski definition) is 3. The summed E-state index contributed by atoms with van der Waals surface area (Å²) in [5, 5.41) is 8.76. The molecule has 0 saturated carbocycles. The van der Waals surface area contributed by atoms with Crippen LogP contribution >= 0.6 is 0 Å². The molecule has 1 unspecified atom stereocenters. The summed E-state index contributed by atoms with van der Waals surface area (Å²) in [5.74, 6) is -1.41. The first kappa shape index (κ1) is 15.5. The summed E-state index contributed by atoms with van der Waals surface area (Å²) in [6.45, 7) is 6.98. The van der Waals surface area contributed by atoms with Crippen molar-refractivity contribution in [2.24, 2.45) is 0 Å². The molecule has 21 heavy (non-hydrogen) atoms. The van der Waals surface area contributed by atoms with E-state index in [0.717, 1.165) is 6.08 Å². The molecule has 4 nitrogen and oxygen atoms in total. The highest BCUT2D eigenvalue weighted by molar-refractivity contribution is 5.87. The predicted molar refractivity (Wildman–Crippen MR) is 79.9 cm³/mol. The lowest BCUT2D eigenvalue weighted by Crippen LogP contribution is -2.52. The molecule has 1 atom stereocenters. The smallest absolute Gasteiger partial charge is 0.328 e. The molecule has 114 valence electrons. The monoisotopic (exact) mass is 293 g/mol. The molecule has 1 saturated heterocycles. The molecule has 0 bridgehead atoms. The Labute approximate surface area is 123 Å². The first-order valence-electron chi connectivity index (χ1n) is 6.91. The van der Waals surface area contributed by atoms with Gasteiger partial charge in [-0.15, -0.1) is 0 Å². The van der Waals surface area contributed by atoms with Crippen LogP contribution in [0.2, 0.25) is 0 Å². The molecule has 0 amide bonds. The second-order valence-corrected chi connectivity index (χ2v) is 5.92. The van der Waals surface area contributed by atoms with Crippen LogP contribution in [0.4, 0.5) is 10.1 Å². The average molecular weight is 293 g/mol. The van der Waals surface area contributed by atoms with E-state index >= 15 is 0 Å². The first-order valence-corrected chi connectivity index (χ1v) is 6.91. The molecule has 1 N–H and O–H groups in total. The Kier molecular flexibility index (Phi) is 4.32. The molecule has 2 rings (SSSR count). The first-order chi connectivity index (χ1) is 9.78. The van der Waals surface area contributed by atoms with Gasteiger partial charge >= 0.3 is 5.97 Å². The lowest BCUT2D eigenvalue weighted by atomic mass is 10.0. The van der Waals surface area contributed by atoms with E-state index in [1.807, 2.05) is 25.7 Å². The largest absolute Gasteiger partial charge is 0.478 e. The summed E-state index contributed by atoms with van der Waals surface area (Å²) >= 11 is 0. The molecule has 1 aliphatic heterocycles. The number of anilines is 1. The number of carboxylic acids is 1. The minimum Gasteiger partial charge on any atom is -0.478 e. The summed E-state index contributed by atoms with van der Waals surface area (Å²) in [6, 6.07) is 4.68. The number of hydrogen-bond donors (Lipinski definition) is 1. The lowest BCUT2D eigenvalue weighted by molar-refractivity contribution is -0.131. The zero-order chi connectivity index (χ0) is 15.6. The third kappa shape index (κ3) is 3.82. The van der Waals surface area contributed by atoms with Gasteiger partial charge in [0.2, 0.25) is 0 Å². The molecule has 5 heteroatoms. The SMILES string of the molecule is CC1CN(c2c(F)cccc2/C=C/C(=O)O)CC(C)(C)O1. The Morgan fingerprint density at radius 3 is 2.86 bits per heavy atom. The van der Waals surface area contributed by atoms with Crippen molar-refractivity contribution < 1.29 is 19.0 Å². The predicted octanol–water partition coefficient (Wildman–Crippen LogP) is 2.93. The van der Waals surface area contributed by atoms with Crippen molar-refractivity contribution in [3.05, 3.63) is 35.7 Å². The van der Waals surface area contributed by atoms with Gasteiger partial charge in [-0.25, -0.2) is 9.18 Å². The van der Waals surface area contributed by atoms with Gasteiger partial charge in [0.1, 0.15) is 5.82 Å². The Morgan fingerprint density at radius 2 is 2.24 bits per heavy atom. The average Bonchev–Trinajstić information content (AvgIpc) is 2.33. The van der Waals surface area contributed by atoms with Crippen LogP contribution in [0, 0.1) is 5.82 Å². The number of carboxylic acid groups (broad SMARTS) is 1. The van der Waals surface area contributed by atoms with Gasteiger partial charge in [-0.2, -0.15) is 0 Å². The van der Waals surface area contributed by atoms with Crippen molar-refractivity contribution in [2.45, 2.75) is 32.5 Å². The number of rotatable bonds is 3. The van der Waals surface area contributed by atoms with E-state index in [-0.39, 0.29) is 17.5 Å². The summed E-state index contributed by atoms with van der Waals surface area (Å²) in [4.78, 5) is 12.6. The zero-order valence-electron chi connectivity index (χ0n) is 12.5. The van der Waals surface area contributed by atoms with Gasteiger partial charge in [0.05, 0.1) is 17.4 Å². The van der Waals surface area contributed by atoms with Crippen LogP contribution in [0.3, 0.4) is 0 Å². The lowest BCUT2D eigenvalue weighted by Gasteiger charge is -2.43. The van der Waals surface area contributed by atoms with Crippen LogP contribution in [0.15, 0.2) is 24.3 Å². The molecule has 1 fully saturated rings. The maximum Gasteiger partial charge on any atom is 0.328 e. The van der Waals surface area contributed by atoms with Crippen molar-refractivity contribution in [1.29, 1.82) is 0 Å². The molecular formula is C16H20FNO3. The Balaban J connectivity index is 2.40. The second kappa shape index (κ2) is 5.85. The maximum absolute atomic E-state index is 14.3. The molecule has 1 aliphatic rings. The quantitative estimate of drug-likeness (QED) is 0.871. The fraction of sp³-hybridized carbons (Fsp3) is 0.438. The van der Waals surface area contributed by atoms with E-state index in [9.17, 15) is 9.18 Å². The number of nitrogens with zero attached hydrogens (tertiary/aromatic N) is 1. The molecule has 1 aromatic carbocycles. The highest BCUT2D eigenvalue weighted by Gasteiger charge is 2.33. The standard InChI is InChI=1S/C16H20FNO3/c1-11-9-18(10-16(2,3)21-11)15-12(7-8-14(19)20)5-4-6-13(15)17/h4-8,11H,9-10H2,1-3H3,(H,19,20)/b8-7+. The van der Waals surface area contributed by atoms with Gasteiger partial charge in [0, 0.05) is 24.7 Å². The fourth-order valence-electron chi connectivity index (χ4n) is 2.79. The minimum atomic E-state index is -1.05. The van der Waals surface area contributed by atoms with Crippen LogP contribution < -0.4 is 4.90 Å². The van der Waals surface area contributed by atoms with Crippen LogP contribution in [0.25, 0.3) is 6.08 Å². The molecule has 0 radical (unpaired) electrons. The number of halogens is 1. The Hall–Kier alpha value is -1.88. The number of morpholine rings is 1. The van der Waals surface area contributed by atoms with Crippen molar-refractivity contribution in [1.82, 2.24) is 0 Å². The molecule has 0 aliphatic carbocycles. The normalized spacial score (nSPS) is 21.7. The number of ether oxygens (including phenoxy) is 1. The number of aliphatic carboxylic acids is 1. The molecule has 0 aromatic heterocycles. The van der Waals surface area contributed by atoms with Crippen LogP contribution in [-0.2, 0) is 9.53 Å². The number of benzene rings is 1. The number of para-hydroxylation sites is 1. The van der Waals surface area contributed by atoms with Gasteiger partial charge in [-0.05, 0) is 32.9 Å². The van der Waals surface area contributed by atoms with Crippen molar-refractivity contribution in [2.75, 3.05) is 18.0 Å². The summed E-state index contributed by atoms with van der Waals surface area (Å²) < 4.78 is 20.1. The van der Waals surface area contributed by atoms with Gasteiger partial charge in [0.25, 0.3) is 0 Å². The van der Waals surface area contributed by atoms with E-state index in [4.69, 9.17) is 9.84 Å². The third-order valence-electron chi connectivity index (χ3n) is 3.31. The van der Waals surface area contributed by atoms with Crippen LogP contribution in [0.1, 0.15) is 26.3 Å². The highest BCUT2D eigenvalue weighted by atomic mass is 19.1. The van der Waals surface area contributed by atoms with Crippen LogP contribution in [0.5, 0.6) is 0 Å². The maximum atomic E-state index is 14.3. The van der Waals surface area contributed by atoms with Crippen molar-refractivity contribution >= 4 is 17.7 Å². The van der Waals surface area contributed by atoms with Gasteiger partial charge < -0.3 is 14.7 Å². The fourth-order valence-corrected chi connectivity index (χ4v) is 2.79. The van der Waals surface area contributed by atoms with Gasteiger partial charge in [-0.1, -0.05) is 12.1 Å². The topological polar surface area (TPSA) is 49.8 Å². The highest BCUT2D eigenvalue weighted by Crippen LogP contribution is 2.31. The van der Waals surface area contributed by atoms with Crippen LogP contribution in [-0.4, -0.2) is 35.9 Å². The van der Waals surface area contributed by atoms with E-state index in [0.29, 0.717) is 24.3 Å². The molecule has 1 heterocycles. The Morgan fingerprint density at radius 1 is 1.52 bits per heavy atom. The minimum absolute atomic E-state index is 0.0235. The second-order valence-electron chi connectivity index (χ2n) is 5.92. The van der Waals surface area contributed by atoms with E-state index in [1.54, 1.807) is 12.1 Å². The molecule has 1 aromatic rings. The van der Waals surface area contributed by atoms with Gasteiger partial charge in [-0.3, -0.25) is 0 Å². The summed E-state index contributed by atoms with van der Waals surface area (Å²) in [5.41, 5.74) is 0.605. The third-order valence-corrected chi connectivity index (χ3v) is 3.31. The van der Waals surface area contributed by atoms with E-state index < -0.39 is 5.97 Å². The van der Waals surface area contributed by atoms with E-state index in [2.05, 4.69) is 0 Å². The van der Waals surface area contributed by atoms with E-state index in [1.165, 1.54) is 12.1 Å². The van der Waals surface area contributed by atoms with Crippen molar-refractivity contribution in [3.8, 4) is 0 Å². The van der Waals surface area contributed by atoms with Crippen molar-refractivity contribution in [3.63, 3.8) is 0 Å². The number of carbonyl (C=O) groups is 1. The zero-order valence-corrected chi connectivity index (χ0v) is 12.5.